The number of hydrogen-bond acceptors (Lipinski definition) is 4. The Bertz CT molecular complexity index is 456. The summed E-state index contributed by atoms with van der Waals surface area (Å²) in [6.07, 6.45) is 0.219. The highest BCUT2D eigenvalue weighted by molar-refractivity contribution is 5.95. The number of carbonyl (C=O) groups is 2. The molecule has 0 bridgehead atoms. The lowest BCUT2D eigenvalue weighted by Crippen LogP contribution is -2.42. The van der Waals surface area contributed by atoms with Gasteiger partial charge in [0, 0.05) is 26.7 Å². The first-order chi connectivity index (χ1) is 8.99. The Morgan fingerprint density at radius 1 is 1.58 bits per heavy atom. The van der Waals surface area contributed by atoms with Crippen LogP contribution in [0.3, 0.4) is 0 Å². The van der Waals surface area contributed by atoms with Gasteiger partial charge in [-0.1, -0.05) is 0 Å². The highest BCUT2D eigenvalue weighted by Gasteiger charge is 2.22. The predicted molar refractivity (Wildman–Crippen MR) is 68.0 cm³/mol. The van der Waals surface area contributed by atoms with Gasteiger partial charge in [-0.2, -0.15) is 5.10 Å². The number of aromatic nitrogens is 2. The summed E-state index contributed by atoms with van der Waals surface area (Å²) in [5.41, 5.74) is 1.08. The smallest absolute Gasteiger partial charge is 0.326 e. The van der Waals surface area contributed by atoms with Crippen molar-refractivity contribution in [1.82, 2.24) is 15.1 Å². The number of rotatable bonds is 7. The fourth-order valence-corrected chi connectivity index (χ4v) is 1.69. The number of aliphatic carboxylic acids is 1. The molecule has 1 aromatic heterocycles. The van der Waals surface area contributed by atoms with Gasteiger partial charge < -0.3 is 15.2 Å². The minimum Gasteiger partial charge on any atom is -0.480 e. The summed E-state index contributed by atoms with van der Waals surface area (Å²) in [4.78, 5) is 23.1. The van der Waals surface area contributed by atoms with E-state index in [0.717, 1.165) is 5.69 Å². The van der Waals surface area contributed by atoms with E-state index in [0.29, 0.717) is 12.2 Å². The summed E-state index contributed by atoms with van der Waals surface area (Å²) in [6.45, 7) is 4.46. The number of carboxylic acids is 1. The average Bonchev–Trinajstić information content (AvgIpc) is 2.75. The van der Waals surface area contributed by atoms with Crippen LogP contribution in [0, 0.1) is 6.92 Å². The van der Waals surface area contributed by atoms with E-state index in [2.05, 4.69) is 10.4 Å². The Hall–Kier alpha value is -1.89. The van der Waals surface area contributed by atoms with Gasteiger partial charge in [-0.3, -0.25) is 9.48 Å². The van der Waals surface area contributed by atoms with Gasteiger partial charge in [0.15, 0.2) is 0 Å². The van der Waals surface area contributed by atoms with E-state index in [1.807, 2.05) is 6.92 Å². The number of aryl methyl sites for hydroxylation is 2. The van der Waals surface area contributed by atoms with E-state index in [4.69, 9.17) is 9.84 Å². The van der Waals surface area contributed by atoms with E-state index < -0.39 is 17.9 Å². The van der Waals surface area contributed by atoms with Crippen LogP contribution in [-0.2, 0) is 16.1 Å². The van der Waals surface area contributed by atoms with Gasteiger partial charge in [0.25, 0.3) is 5.91 Å². The van der Waals surface area contributed by atoms with E-state index in [1.54, 1.807) is 17.7 Å². The molecule has 0 spiro atoms. The maximum absolute atomic E-state index is 12.0. The van der Waals surface area contributed by atoms with Crippen molar-refractivity contribution in [2.45, 2.75) is 32.9 Å². The number of nitrogens with one attached hydrogen (secondary N) is 1. The third-order valence-corrected chi connectivity index (χ3v) is 2.65. The molecule has 7 nitrogen and oxygen atoms in total. The molecular weight excluding hydrogens is 250 g/mol. The van der Waals surface area contributed by atoms with Crippen molar-refractivity contribution in [3.8, 4) is 0 Å². The van der Waals surface area contributed by atoms with E-state index in [-0.39, 0.29) is 13.0 Å². The molecule has 0 aromatic carbocycles. The zero-order valence-corrected chi connectivity index (χ0v) is 11.3. The molecule has 0 saturated heterocycles. The van der Waals surface area contributed by atoms with Crippen molar-refractivity contribution in [3.05, 3.63) is 17.5 Å². The summed E-state index contributed by atoms with van der Waals surface area (Å²) >= 11 is 0. The van der Waals surface area contributed by atoms with Crippen molar-refractivity contribution in [2.75, 3.05) is 13.7 Å². The van der Waals surface area contributed by atoms with Crippen molar-refractivity contribution in [1.29, 1.82) is 0 Å². The molecule has 0 aliphatic carbocycles. The van der Waals surface area contributed by atoms with Crippen LogP contribution >= 0.6 is 0 Å². The normalized spacial score (nSPS) is 12.2. The van der Waals surface area contributed by atoms with Crippen molar-refractivity contribution >= 4 is 11.9 Å². The molecule has 1 unspecified atom stereocenters. The number of hydrogen-bond donors (Lipinski definition) is 2. The second kappa shape index (κ2) is 6.89. The Kier molecular flexibility index (Phi) is 5.50. The van der Waals surface area contributed by atoms with Gasteiger partial charge in [-0.15, -0.1) is 0 Å². The number of carbonyl (C=O) groups excluding carboxylic acids is 1. The molecule has 1 amide bonds. The molecule has 1 atom stereocenters. The van der Waals surface area contributed by atoms with Gasteiger partial charge in [-0.25, -0.2) is 4.79 Å². The van der Waals surface area contributed by atoms with Crippen molar-refractivity contribution < 1.29 is 19.4 Å². The topological polar surface area (TPSA) is 93.5 Å². The third-order valence-electron chi connectivity index (χ3n) is 2.65. The molecule has 0 radical (unpaired) electrons. The van der Waals surface area contributed by atoms with Crippen LogP contribution in [0.15, 0.2) is 6.07 Å². The minimum atomic E-state index is -1.08. The molecule has 0 aliphatic heterocycles. The molecule has 106 valence electrons. The minimum absolute atomic E-state index is 0.219. The zero-order chi connectivity index (χ0) is 14.4. The molecule has 7 heteroatoms. The van der Waals surface area contributed by atoms with Gasteiger partial charge in [0.2, 0.25) is 0 Å². The zero-order valence-electron chi connectivity index (χ0n) is 11.3. The first-order valence-electron chi connectivity index (χ1n) is 6.06. The summed E-state index contributed by atoms with van der Waals surface area (Å²) < 4.78 is 6.37. The van der Waals surface area contributed by atoms with Crippen molar-refractivity contribution in [3.63, 3.8) is 0 Å². The van der Waals surface area contributed by atoms with Crippen molar-refractivity contribution in [2.24, 2.45) is 0 Å². The molecule has 1 aromatic rings. The van der Waals surface area contributed by atoms with Gasteiger partial charge in [0.05, 0.1) is 5.69 Å². The molecule has 2 N–H and O–H groups in total. The van der Waals surface area contributed by atoms with Crippen LogP contribution in [0.2, 0.25) is 0 Å². The maximum atomic E-state index is 12.0. The van der Waals surface area contributed by atoms with Crippen LogP contribution in [0.1, 0.15) is 29.5 Å². The largest absolute Gasteiger partial charge is 0.480 e. The van der Waals surface area contributed by atoms with Crippen LogP contribution in [-0.4, -0.2) is 46.5 Å². The number of ether oxygens (including phenoxy) is 1. The number of methoxy groups -OCH3 is 1. The molecular formula is C12H19N3O4. The molecule has 1 rings (SSSR count). The monoisotopic (exact) mass is 269 g/mol. The van der Waals surface area contributed by atoms with Gasteiger partial charge in [0.1, 0.15) is 11.7 Å². The molecule has 19 heavy (non-hydrogen) atoms. The van der Waals surface area contributed by atoms with E-state index in [9.17, 15) is 9.59 Å². The van der Waals surface area contributed by atoms with Crippen LogP contribution in [0.4, 0.5) is 0 Å². The fourth-order valence-electron chi connectivity index (χ4n) is 1.69. The molecule has 0 fully saturated rings. The Morgan fingerprint density at radius 2 is 2.26 bits per heavy atom. The highest BCUT2D eigenvalue weighted by Crippen LogP contribution is 2.05. The number of carboxylic acid groups (broad SMARTS) is 1. The SMILES string of the molecule is CCn1nc(C)cc1C(=O)NC(CCOC)C(=O)O. The predicted octanol–water partition coefficient (Wildman–Crippen LogP) is 0.431. The lowest BCUT2D eigenvalue weighted by atomic mass is 10.2. The lowest BCUT2D eigenvalue weighted by molar-refractivity contribution is -0.139. The summed E-state index contributed by atoms with van der Waals surface area (Å²) in [6, 6.07) is 0.668. The van der Waals surface area contributed by atoms with E-state index >= 15 is 0 Å². The van der Waals surface area contributed by atoms with Gasteiger partial charge >= 0.3 is 5.97 Å². The average molecular weight is 269 g/mol. The molecule has 0 saturated carbocycles. The number of amides is 1. The highest BCUT2D eigenvalue weighted by atomic mass is 16.5. The third kappa shape index (κ3) is 4.06. The molecule has 0 aliphatic rings. The lowest BCUT2D eigenvalue weighted by Gasteiger charge is -2.14. The second-order valence-corrected chi connectivity index (χ2v) is 4.13. The summed E-state index contributed by atoms with van der Waals surface area (Å²) in [7, 11) is 1.48. The summed E-state index contributed by atoms with van der Waals surface area (Å²) in [5.74, 6) is -1.52. The second-order valence-electron chi connectivity index (χ2n) is 4.13. The standard InChI is InChI=1S/C12H19N3O4/c1-4-15-10(7-8(2)14-15)11(16)13-9(12(17)18)5-6-19-3/h7,9H,4-6H2,1-3H3,(H,13,16)(H,17,18). The Labute approximate surface area is 111 Å². The van der Waals surface area contributed by atoms with Crippen LogP contribution in [0.25, 0.3) is 0 Å². The maximum Gasteiger partial charge on any atom is 0.326 e. The Balaban J connectivity index is 2.78. The Morgan fingerprint density at radius 3 is 2.79 bits per heavy atom. The van der Waals surface area contributed by atoms with Gasteiger partial charge in [-0.05, 0) is 19.9 Å². The fraction of sp³-hybridized carbons (Fsp3) is 0.583. The van der Waals surface area contributed by atoms with Crippen LogP contribution < -0.4 is 5.32 Å². The van der Waals surface area contributed by atoms with E-state index in [1.165, 1.54) is 7.11 Å². The first kappa shape index (κ1) is 15.2. The number of nitrogens with zero attached hydrogens (tertiary/aromatic N) is 2. The quantitative estimate of drug-likeness (QED) is 0.748. The first-order valence-corrected chi connectivity index (χ1v) is 6.06. The summed E-state index contributed by atoms with van der Waals surface area (Å²) in [5, 5.41) is 15.7. The molecule has 1 heterocycles. The van der Waals surface area contributed by atoms with Crippen LogP contribution in [0.5, 0.6) is 0 Å².